The van der Waals surface area contributed by atoms with Crippen LogP contribution in [0.4, 0.5) is 5.69 Å². The summed E-state index contributed by atoms with van der Waals surface area (Å²) in [6.07, 6.45) is 5.52. The van der Waals surface area contributed by atoms with Gasteiger partial charge in [-0.15, -0.1) is 0 Å². The third-order valence-electron chi connectivity index (χ3n) is 6.75. The molecule has 2 aromatic rings. The van der Waals surface area contributed by atoms with Gasteiger partial charge in [-0.1, -0.05) is 13.8 Å². The molecule has 11 heteroatoms. The van der Waals surface area contributed by atoms with Gasteiger partial charge in [-0.2, -0.15) is 0 Å². The zero-order valence-electron chi connectivity index (χ0n) is 21.7. The second kappa shape index (κ2) is 12.2. The van der Waals surface area contributed by atoms with Crippen molar-refractivity contribution >= 4 is 28.3 Å². The van der Waals surface area contributed by atoms with Crippen molar-refractivity contribution in [3.8, 4) is 5.69 Å². The quantitative estimate of drug-likeness (QED) is 0.199. The normalized spacial score (nSPS) is 18.4. The monoisotopic (exact) mass is 527 g/mol. The molecule has 1 fully saturated rings. The minimum Gasteiger partial charge on any atom is -0.726 e. The van der Waals surface area contributed by atoms with Gasteiger partial charge in [0, 0.05) is 35.7 Å². The summed E-state index contributed by atoms with van der Waals surface area (Å²) in [4.78, 5) is 23.3. The van der Waals surface area contributed by atoms with Crippen LogP contribution in [0.15, 0.2) is 24.4 Å². The molecule has 1 amide bonds. The molecule has 192 valence electrons. The second-order valence-electron chi connectivity index (χ2n) is 10.2. The fraction of sp³-hybridized carbons (Fsp3) is 0.520. The average Bonchev–Trinajstić information content (AvgIpc) is 3.02. The molecule has 3 rings (SSSR count). The number of hydrogen-bond acceptors (Lipinski definition) is 7. The molecule has 1 saturated carbocycles. The molecule has 1 aliphatic rings. The molecule has 0 unspecified atom stereocenters. The first-order valence-electron chi connectivity index (χ1n) is 11.8. The molecule has 1 heterocycles. The van der Waals surface area contributed by atoms with Crippen molar-refractivity contribution in [1.29, 1.82) is 0 Å². The van der Waals surface area contributed by atoms with Crippen LogP contribution in [-0.2, 0) is 25.8 Å². The Bertz CT molecular complexity index is 1200. The predicted molar refractivity (Wildman–Crippen MR) is 132 cm³/mol. The van der Waals surface area contributed by atoms with E-state index < -0.39 is 22.4 Å². The summed E-state index contributed by atoms with van der Waals surface area (Å²) < 4.78 is 39.3. The number of primary amides is 1. The summed E-state index contributed by atoms with van der Waals surface area (Å²) in [6.45, 7) is 8.24. The van der Waals surface area contributed by atoms with E-state index >= 15 is 0 Å². The summed E-state index contributed by atoms with van der Waals surface area (Å²) in [5.41, 5.74) is 10.6. The number of nitrogens with zero attached hydrogens (tertiary/aromatic N) is 1. The van der Waals surface area contributed by atoms with E-state index in [1.807, 2.05) is 19.1 Å². The number of nitrogens with one attached hydrogen (secondary N) is 1. The number of rotatable bonds is 10. The number of nitrogens with two attached hydrogens (primary N) is 1. The zero-order valence-corrected chi connectivity index (χ0v) is 24.5. The van der Waals surface area contributed by atoms with Gasteiger partial charge in [-0.05, 0) is 80.7 Å². The summed E-state index contributed by atoms with van der Waals surface area (Å²) in [7, 11) is -4.73. The van der Waals surface area contributed by atoms with Gasteiger partial charge < -0.3 is 25.0 Å². The van der Waals surface area contributed by atoms with Crippen molar-refractivity contribution in [2.45, 2.75) is 78.4 Å². The largest absolute Gasteiger partial charge is 1.00 e. The molecular weight excluding hydrogens is 493 g/mol. The standard InChI is InChI=1S/C25H35N3O6S.Na/c1-16-15-28(23(17(16)2)14-25(3,4)11-12-29)19-7-10-21(24(26)30)22(13-19)27-18-5-8-20(9-6-18)34-35(31,32)33;/h7,10,12-13,15,18,20,27H,5-6,8-9,11,14H2,1-4H3,(H2,26,30)(H,31,32,33);/q;+1/p-1. The Labute approximate surface area is 235 Å². The Kier molecular flexibility index (Phi) is 10.4. The molecule has 0 bridgehead atoms. The van der Waals surface area contributed by atoms with Crippen LogP contribution in [0.1, 0.15) is 73.1 Å². The Balaban J connectivity index is 0.00000456. The van der Waals surface area contributed by atoms with Crippen LogP contribution in [-0.4, -0.2) is 41.9 Å². The maximum absolute atomic E-state index is 12.1. The van der Waals surface area contributed by atoms with Gasteiger partial charge in [0.15, 0.2) is 0 Å². The number of aryl methyl sites for hydroxylation is 1. The van der Waals surface area contributed by atoms with Crippen LogP contribution in [0.2, 0.25) is 0 Å². The Hall–Kier alpha value is -1.69. The predicted octanol–water partition coefficient (Wildman–Crippen LogP) is 0.555. The summed E-state index contributed by atoms with van der Waals surface area (Å²) in [6, 6.07) is 5.41. The molecule has 0 atom stereocenters. The third-order valence-corrected chi connectivity index (χ3v) is 7.26. The average molecular weight is 528 g/mol. The maximum atomic E-state index is 12.1. The van der Waals surface area contributed by atoms with Crippen molar-refractivity contribution in [2.24, 2.45) is 11.1 Å². The van der Waals surface area contributed by atoms with Crippen molar-refractivity contribution in [3.63, 3.8) is 0 Å². The van der Waals surface area contributed by atoms with E-state index in [0.29, 0.717) is 49.8 Å². The number of aromatic nitrogens is 1. The van der Waals surface area contributed by atoms with Crippen molar-refractivity contribution in [2.75, 3.05) is 5.32 Å². The number of amides is 1. The van der Waals surface area contributed by atoms with E-state index in [0.717, 1.165) is 28.8 Å². The van der Waals surface area contributed by atoms with Crippen LogP contribution in [0.5, 0.6) is 0 Å². The Morgan fingerprint density at radius 1 is 1.25 bits per heavy atom. The van der Waals surface area contributed by atoms with E-state index in [2.05, 4.69) is 41.0 Å². The Morgan fingerprint density at radius 2 is 1.89 bits per heavy atom. The number of hydrogen-bond donors (Lipinski definition) is 2. The van der Waals surface area contributed by atoms with Crippen molar-refractivity contribution in [3.05, 3.63) is 46.8 Å². The van der Waals surface area contributed by atoms with Crippen molar-refractivity contribution in [1.82, 2.24) is 4.57 Å². The van der Waals surface area contributed by atoms with E-state index in [1.54, 1.807) is 6.07 Å². The number of anilines is 1. The van der Waals surface area contributed by atoms with Crippen LogP contribution >= 0.6 is 0 Å². The molecule has 36 heavy (non-hydrogen) atoms. The SMILES string of the molecule is Cc1cn(-c2ccc(C(N)=O)c(NC3CCC(OS(=O)(=O)[O-])CC3)c2)c(CC(C)(C)CC=O)c1C.[Na+]. The van der Waals surface area contributed by atoms with Gasteiger partial charge in [-0.3, -0.25) is 8.98 Å². The van der Waals surface area contributed by atoms with E-state index in [-0.39, 0.29) is 41.0 Å². The molecule has 0 saturated heterocycles. The topological polar surface area (TPSA) is 144 Å². The van der Waals surface area contributed by atoms with Gasteiger partial charge in [0.2, 0.25) is 10.4 Å². The molecule has 1 aromatic heterocycles. The van der Waals surface area contributed by atoms with E-state index in [9.17, 15) is 22.6 Å². The zero-order chi connectivity index (χ0) is 26.0. The molecule has 1 aliphatic carbocycles. The van der Waals surface area contributed by atoms with Gasteiger partial charge in [-0.25, -0.2) is 8.42 Å². The molecular formula is C25H34N3NaO6S. The van der Waals surface area contributed by atoms with Gasteiger partial charge in [0.05, 0.1) is 11.7 Å². The molecule has 0 spiro atoms. The molecule has 0 radical (unpaired) electrons. The fourth-order valence-corrected chi connectivity index (χ4v) is 5.21. The minimum atomic E-state index is -4.73. The van der Waals surface area contributed by atoms with Gasteiger partial charge in [0.25, 0.3) is 5.91 Å². The van der Waals surface area contributed by atoms with Crippen LogP contribution in [0, 0.1) is 19.3 Å². The van der Waals surface area contributed by atoms with Gasteiger partial charge >= 0.3 is 29.6 Å². The first kappa shape index (κ1) is 30.5. The Morgan fingerprint density at radius 3 is 2.44 bits per heavy atom. The van der Waals surface area contributed by atoms with Gasteiger partial charge in [0.1, 0.15) is 6.29 Å². The number of benzene rings is 1. The summed E-state index contributed by atoms with van der Waals surface area (Å²) in [5.74, 6) is -0.555. The van der Waals surface area contributed by atoms with E-state index in [4.69, 9.17) is 5.73 Å². The number of carbonyl (C=O) groups is 2. The minimum absolute atomic E-state index is 0. The van der Waals surface area contributed by atoms with Crippen molar-refractivity contribution < 1.29 is 56.3 Å². The second-order valence-corrected chi connectivity index (χ2v) is 11.2. The molecule has 0 aliphatic heterocycles. The number of carbonyl (C=O) groups excluding carboxylic acids is 2. The first-order chi connectivity index (χ1) is 16.3. The molecule has 1 aromatic carbocycles. The first-order valence-corrected chi connectivity index (χ1v) is 13.1. The number of aldehydes is 1. The maximum Gasteiger partial charge on any atom is 1.00 e. The summed E-state index contributed by atoms with van der Waals surface area (Å²) in [5, 5.41) is 3.39. The molecule has 3 N–H and O–H groups in total. The van der Waals surface area contributed by atoms with Crippen LogP contribution in [0.25, 0.3) is 5.69 Å². The molecule has 9 nitrogen and oxygen atoms in total. The summed E-state index contributed by atoms with van der Waals surface area (Å²) >= 11 is 0. The van der Waals surface area contributed by atoms with Crippen LogP contribution < -0.4 is 40.6 Å². The fourth-order valence-electron chi connectivity index (χ4n) is 4.68. The van der Waals surface area contributed by atoms with E-state index in [1.165, 1.54) is 0 Å². The third kappa shape index (κ3) is 7.90. The van der Waals surface area contributed by atoms with Crippen LogP contribution in [0.3, 0.4) is 0 Å². The smallest absolute Gasteiger partial charge is 0.726 e.